The zero-order chi connectivity index (χ0) is 18.9. The molecule has 1 fully saturated rings. The molecule has 7 heteroatoms. The van der Waals surface area contributed by atoms with Gasteiger partial charge in [0.2, 0.25) is 0 Å². The van der Waals surface area contributed by atoms with Crippen molar-refractivity contribution in [2.45, 2.75) is 13.5 Å². The fraction of sp³-hybridized carbons (Fsp3) is 0.350. The maximum absolute atomic E-state index is 12.1. The zero-order valence-corrected chi connectivity index (χ0v) is 15.5. The predicted octanol–water partition coefficient (Wildman–Crippen LogP) is 1.65. The zero-order valence-electron chi connectivity index (χ0n) is 15.5. The molecule has 0 aliphatic carbocycles. The summed E-state index contributed by atoms with van der Waals surface area (Å²) in [5, 5.41) is 7.47. The highest BCUT2D eigenvalue weighted by Crippen LogP contribution is 2.24. The van der Waals surface area contributed by atoms with Crippen LogP contribution in [0.1, 0.15) is 28.4 Å². The summed E-state index contributed by atoms with van der Waals surface area (Å²) in [5.74, 6) is 0.545. The lowest BCUT2D eigenvalue weighted by molar-refractivity contribution is 0.0955. The summed E-state index contributed by atoms with van der Waals surface area (Å²) in [5.41, 5.74) is 5.03. The predicted molar refractivity (Wildman–Crippen MR) is 105 cm³/mol. The average Bonchev–Trinajstić information content (AvgIpc) is 2.71. The monoisotopic (exact) mass is 367 g/mol. The van der Waals surface area contributed by atoms with Crippen molar-refractivity contribution in [1.29, 1.82) is 0 Å². The number of nitrogens with one attached hydrogen (secondary N) is 2. The molecule has 2 heterocycles. The lowest BCUT2D eigenvalue weighted by atomic mass is 10.1. The highest BCUT2D eigenvalue weighted by molar-refractivity contribution is 5.95. The Balaban J connectivity index is 1.71. The first kappa shape index (κ1) is 19.0. The summed E-state index contributed by atoms with van der Waals surface area (Å²) >= 11 is 0. The van der Waals surface area contributed by atoms with Crippen molar-refractivity contribution in [2.75, 3.05) is 32.8 Å². The molecule has 1 aliphatic rings. The van der Waals surface area contributed by atoms with E-state index in [0.29, 0.717) is 12.2 Å². The van der Waals surface area contributed by atoms with Crippen molar-refractivity contribution in [3.05, 3.63) is 59.4 Å². The van der Waals surface area contributed by atoms with Crippen LogP contribution in [0, 0.1) is 0 Å². The third-order valence-electron chi connectivity index (χ3n) is 4.33. The average molecular weight is 367 g/mol. The number of amides is 1. The van der Waals surface area contributed by atoms with E-state index in [0.717, 1.165) is 49.6 Å². The summed E-state index contributed by atoms with van der Waals surface area (Å²) in [4.78, 5) is 18.4. The Labute approximate surface area is 159 Å². The van der Waals surface area contributed by atoms with Crippen LogP contribution in [-0.2, 0) is 6.54 Å². The van der Waals surface area contributed by atoms with Crippen molar-refractivity contribution >= 4 is 12.1 Å². The molecule has 142 valence electrons. The second-order valence-corrected chi connectivity index (χ2v) is 6.23. The molecule has 2 N–H and O–H groups in total. The normalized spacial score (nSPS) is 15.0. The van der Waals surface area contributed by atoms with Crippen molar-refractivity contribution in [1.82, 2.24) is 20.6 Å². The maximum atomic E-state index is 12.1. The van der Waals surface area contributed by atoms with Crippen LogP contribution in [0.4, 0.5) is 0 Å². The molecule has 0 unspecified atom stereocenters. The number of para-hydroxylation sites is 1. The van der Waals surface area contributed by atoms with Crippen molar-refractivity contribution in [3.8, 4) is 5.75 Å². The number of rotatable bonds is 7. The molecule has 3 rings (SSSR count). The Morgan fingerprint density at radius 2 is 2.07 bits per heavy atom. The van der Waals surface area contributed by atoms with Crippen molar-refractivity contribution < 1.29 is 9.53 Å². The molecule has 1 aliphatic heterocycles. The molecule has 0 bridgehead atoms. The second-order valence-electron chi connectivity index (χ2n) is 6.23. The van der Waals surface area contributed by atoms with E-state index in [1.807, 2.05) is 19.1 Å². The van der Waals surface area contributed by atoms with Gasteiger partial charge >= 0.3 is 0 Å². The topological polar surface area (TPSA) is 78.8 Å². The molecule has 1 aromatic heterocycles. The van der Waals surface area contributed by atoms with E-state index in [-0.39, 0.29) is 5.91 Å². The number of hydrogen-bond acceptors (Lipinski definition) is 6. The van der Waals surface area contributed by atoms with Crippen molar-refractivity contribution in [2.24, 2.45) is 5.10 Å². The van der Waals surface area contributed by atoms with Crippen LogP contribution in [0.5, 0.6) is 5.75 Å². The second kappa shape index (κ2) is 9.80. The van der Waals surface area contributed by atoms with Gasteiger partial charge in [-0.05, 0) is 25.1 Å². The number of carbonyl (C=O) groups excluding carboxylic acids is 1. The molecule has 7 nitrogen and oxygen atoms in total. The van der Waals surface area contributed by atoms with Gasteiger partial charge < -0.3 is 10.1 Å². The molecule has 0 spiro atoms. The smallest absolute Gasteiger partial charge is 0.271 e. The van der Waals surface area contributed by atoms with Gasteiger partial charge in [-0.2, -0.15) is 5.10 Å². The Morgan fingerprint density at radius 1 is 1.30 bits per heavy atom. The molecular formula is C20H25N5O2. The molecule has 1 saturated heterocycles. The minimum Gasteiger partial charge on any atom is -0.493 e. The minimum atomic E-state index is -0.274. The Kier molecular flexibility index (Phi) is 6.90. The van der Waals surface area contributed by atoms with Gasteiger partial charge in [0, 0.05) is 61.8 Å². The Bertz CT molecular complexity index is 773. The number of carbonyl (C=O) groups is 1. The van der Waals surface area contributed by atoms with E-state index in [2.05, 4.69) is 31.8 Å². The maximum Gasteiger partial charge on any atom is 0.271 e. The summed E-state index contributed by atoms with van der Waals surface area (Å²) < 4.78 is 5.90. The molecule has 0 radical (unpaired) electrons. The number of hydrazone groups is 1. The number of pyridine rings is 1. The fourth-order valence-electron chi connectivity index (χ4n) is 2.99. The van der Waals surface area contributed by atoms with Crippen LogP contribution in [0.15, 0.2) is 47.8 Å². The Hall–Kier alpha value is -2.77. The molecule has 2 aromatic rings. The van der Waals surface area contributed by atoms with E-state index in [9.17, 15) is 4.79 Å². The first-order valence-corrected chi connectivity index (χ1v) is 9.19. The number of aromatic nitrogens is 1. The van der Waals surface area contributed by atoms with E-state index < -0.39 is 0 Å². The van der Waals surface area contributed by atoms with Gasteiger partial charge in [-0.1, -0.05) is 12.1 Å². The highest BCUT2D eigenvalue weighted by Gasteiger charge is 2.14. The van der Waals surface area contributed by atoms with Gasteiger partial charge in [0.15, 0.2) is 0 Å². The highest BCUT2D eigenvalue weighted by atomic mass is 16.5. The van der Waals surface area contributed by atoms with Crippen LogP contribution < -0.4 is 15.5 Å². The summed E-state index contributed by atoms with van der Waals surface area (Å²) in [6, 6.07) is 9.30. The molecule has 27 heavy (non-hydrogen) atoms. The third-order valence-corrected chi connectivity index (χ3v) is 4.33. The third kappa shape index (κ3) is 5.35. The van der Waals surface area contributed by atoms with Gasteiger partial charge in [-0.3, -0.25) is 14.7 Å². The van der Waals surface area contributed by atoms with Crippen LogP contribution in [0.2, 0.25) is 0 Å². The van der Waals surface area contributed by atoms with Crippen LogP contribution in [0.25, 0.3) is 0 Å². The van der Waals surface area contributed by atoms with Gasteiger partial charge in [0.05, 0.1) is 12.8 Å². The van der Waals surface area contributed by atoms with Gasteiger partial charge in [-0.15, -0.1) is 0 Å². The van der Waals surface area contributed by atoms with E-state index in [1.54, 1.807) is 30.7 Å². The van der Waals surface area contributed by atoms with Crippen LogP contribution >= 0.6 is 0 Å². The van der Waals surface area contributed by atoms with Gasteiger partial charge in [0.25, 0.3) is 5.91 Å². The number of nitrogens with zero attached hydrogens (tertiary/aromatic N) is 3. The first-order valence-electron chi connectivity index (χ1n) is 9.19. The van der Waals surface area contributed by atoms with Crippen LogP contribution in [0.3, 0.4) is 0 Å². The minimum absolute atomic E-state index is 0.274. The van der Waals surface area contributed by atoms with Crippen LogP contribution in [-0.4, -0.2) is 54.8 Å². The molecule has 1 aromatic carbocycles. The SMILES string of the molecule is CCOc1c(/C=N/NC(=O)c2ccncc2)cccc1CN1CCNCC1. The largest absolute Gasteiger partial charge is 0.493 e. The summed E-state index contributed by atoms with van der Waals surface area (Å²) in [6.07, 6.45) is 4.78. The van der Waals surface area contributed by atoms with Crippen molar-refractivity contribution in [3.63, 3.8) is 0 Å². The van der Waals surface area contributed by atoms with E-state index in [1.165, 1.54) is 0 Å². The lowest BCUT2D eigenvalue weighted by Gasteiger charge is -2.28. The standard InChI is InChI=1S/C20H25N5O2/c1-2-27-19-17(14-23-24-20(26)16-6-8-21-9-7-16)4-3-5-18(19)15-25-12-10-22-11-13-25/h3-9,14,22H,2,10-13,15H2,1H3,(H,24,26)/b23-14+. The number of ether oxygens (including phenoxy) is 1. The van der Waals surface area contributed by atoms with E-state index >= 15 is 0 Å². The molecule has 1 amide bonds. The number of piperazine rings is 1. The molecular weight excluding hydrogens is 342 g/mol. The van der Waals surface area contributed by atoms with Gasteiger partial charge in [-0.25, -0.2) is 5.43 Å². The van der Waals surface area contributed by atoms with E-state index in [4.69, 9.17) is 4.74 Å². The fourth-order valence-corrected chi connectivity index (χ4v) is 2.99. The summed E-state index contributed by atoms with van der Waals surface area (Å²) in [6.45, 7) is 7.43. The Morgan fingerprint density at radius 3 is 2.81 bits per heavy atom. The quantitative estimate of drug-likeness (QED) is 0.575. The molecule has 0 atom stereocenters. The first-order chi connectivity index (χ1) is 13.3. The number of benzene rings is 1. The van der Waals surface area contributed by atoms with Gasteiger partial charge in [0.1, 0.15) is 5.75 Å². The lowest BCUT2D eigenvalue weighted by Crippen LogP contribution is -2.42. The summed E-state index contributed by atoms with van der Waals surface area (Å²) in [7, 11) is 0. The molecule has 0 saturated carbocycles. The number of hydrogen-bond donors (Lipinski definition) is 2.